The van der Waals surface area contributed by atoms with Gasteiger partial charge < -0.3 is 5.11 Å². The van der Waals surface area contributed by atoms with Crippen molar-refractivity contribution < 1.29 is 38.8 Å². The Morgan fingerprint density at radius 1 is 0.949 bits per heavy atom. The first-order chi connectivity index (χ1) is 17.8. The van der Waals surface area contributed by atoms with Crippen molar-refractivity contribution in [2.75, 3.05) is 0 Å². The van der Waals surface area contributed by atoms with E-state index in [-0.39, 0.29) is 63.2 Å². The molecule has 5 rings (SSSR count). The zero-order valence-corrected chi connectivity index (χ0v) is 26.9. The topological polar surface area (TPSA) is 63.1 Å². The van der Waals surface area contributed by atoms with E-state index in [9.17, 15) is 13.6 Å². The predicted octanol–water partition coefficient (Wildman–Crippen LogP) is 7.69. The molecule has 3 heterocycles. The number of ketones is 1. The van der Waals surface area contributed by atoms with E-state index in [2.05, 4.69) is 26.8 Å². The van der Waals surface area contributed by atoms with E-state index >= 15 is 0 Å². The van der Waals surface area contributed by atoms with Crippen molar-refractivity contribution in [3.63, 3.8) is 0 Å². The molecule has 5 aromatic rings. The molecule has 39 heavy (non-hydrogen) atoms. The molecule has 0 saturated heterocycles. The van der Waals surface area contributed by atoms with Gasteiger partial charge in [0.1, 0.15) is 0 Å². The van der Waals surface area contributed by atoms with Crippen molar-refractivity contribution in [1.82, 2.24) is 9.97 Å². The van der Waals surface area contributed by atoms with Crippen molar-refractivity contribution in [3.05, 3.63) is 82.8 Å². The molecule has 3 aromatic heterocycles. The maximum absolute atomic E-state index is 14.9. The maximum atomic E-state index is 14.9. The predicted molar refractivity (Wildman–Crippen MR) is 151 cm³/mol. The Morgan fingerprint density at radius 2 is 1.56 bits per heavy atom. The van der Waals surface area contributed by atoms with Gasteiger partial charge in [0.25, 0.3) is 0 Å². The van der Waals surface area contributed by atoms with Gasteiger partial charge in [-0.25, -0.2) is 0 Å². The van der Waals surface area contributed by atoms with Crippen LogP contribution in [0, 0.1) is 31.5 Å². The van der Waals surface area contributed by atoms with Gasteiger partial charge in [0, 0.05) is 26.2 Å². The van der Waals surface area contributed by atoms with Crippen LogP contribution in [0.2, 0.25) is 0 Å². The molecule has 0 unspecified atom stereocenters. The molecule has 0 atom stereocenters. The van der Waals surface area contributed by atoms with Gasteiger partial charge >= 0.3 is 186 Å². The molecule has 0 spiro atoms. The summed E-state index contributed by atoms with van der Waals surface area (Å²) in [6.45, 7) is 12.5. The molecule has 205 valence electrons. The number of pyridine rings is 2. The van der Waals surface area contributed by atoms with Crippen molar-refractivity contribution in [3.8, 4) is 11.3 Å². The van der Waals surface area contributed by atoms with Crippen LogP contribution in [0.5, 0.6) is 0 Å². The molecule has 0 bridgehead atoms. The van der Waals surface area contributed by atoms with Crippen LogP contribution in [0.25, 0.3) is 41.6 Å². The van der Waals surface area contributed by atoms with Gasteiger partial charge in [0.05, 0.1) is 5.76 Å². The number of benzene rings is 2. The Kier molecular flexibility index (Phi) is 9.29. The Morgan fingerprint density at radius 3 is 2.15 bits per heavy atom. The summed E-state index contributed by atoms with van der Waals surface area (Å²) in [5.74, 6) is -0.669. The number of aliphatic hydroxyl groups excluding tert-OH is 1. The van der Waals surface area contributed by atoms with Gasteiger partial charge in [0.15, 0.2) is 5.78 Å². The van der Waals surface area contributed by atoms with Crippen LogP contribution in [0.15, 0.2) is 48.2 Å². The van der Waals surface area contributed by atoms with Crippen LogP contribution < -0.4 is 0 Å². The molecular formula is C31H29F2IrN2O2Se-. The van der Waals surface area contributed by atoms with Gasteiger partial charge in [-0.3, -0.25) is 4.79 Å². The van der Waals surface area contributed by atoms with Crippen LogP contribution >= 0.6 is 0 Å². The van der Waals surface area contributed by atoms with Crippen LogP contribution in [0.4, 0.5) is 8.78 Å². The largest absolute Gasteiger partial charge is 0 e. The average molecular weight is 771 g/mol. The number of fused-ring (bicyclic) bond motifs is 4. The fourth-order valence-corrected chi connectivity index (χ4v) is 6.60. The van der Waals surface area contributed by atoms with E-state index in [0.717, 1.165) is 37.6 Å². The molecule has 0 amide bonds. The molecule has 0 fully saturated rings. The van der Waals surface area contributed by atoms with Crippen molar-refractivity contribution in [2.45, 2.75) is 53.9 Å². The molecule has 4 nitrogen and oxygen atoms in total. The van der Waals surface area contributed by atoms with Crippen LogP contribution in [0.1, 0.15) is 51.4 Å². The molecule has 2 aromatic carbocycles. The smallest absolute Gasteiger partial charge is 0 e. The zero-order chi connectivity index (χ0) is 27.9. The average Bonchev–Trinajstić information content (AvgIpc) is 3.23. The van der Waals surface area contributed by atoms with E-state index in [1.807, 2.05) is 36.4 Å². The van der Waals surface area contributed by atoms with Gasteiger partial charge in [-0.2, -0.15) is 0 Å². The van der Waals surface area contributed by atoms with Gasteiger partial charge in [-0.1, -0.05) is 0 Å². The van der Waals surface area contributed by atoms with Gasteiger partial charge in [-0.05, 0) is 13.8 Å². The number of aliphatic hydroxyl groups is 1. The molecule has 1 N–H and O–H groups in total. The minimum atomic E-state index is -0.329. The second-order valence-electron chi connectivity index (χ2n) is 10.4. The number of nitrogens with zero attached hydrogens (tertiary/aromatic N) is 2. The number of allylic oxidation sites excluding steroid dienone is 2. The first kappa shape index (κ1) is 30.8. The van der Waals surface area contributed by atoms with Gasteiger partial charge in [0.2, 0.25) is 0 Å². The number of aromatic nitrogens is 2. The number of carbonyl (C=O) groups is 1. The van der Waals surface area contributed by atoms with Gasteiger partial charge in [-0.15, -0.1) is 0 Å². The molecule has 0 aliphatic heterocycles. The zero-order valence-electron chi connectivity index (χ0n) is 22.8. The summed E-state index contributed by atoms with van der Waals surface area (Å²) >= 11 is -0.329. The normalized spacial score (nSPS) is 11.9. The monoisotopic (exact) mass is 772 g/mol. The second kappa shape index (κ2) is 11.8. The fourth-order valence-electron chi connectivity index (χ4n) is 4.11. The maximum Gasteiger partial charge on any atom is 0 e. The third-order valence-electron chi connectivity index (χ3n) is 6.25. The molecule has 0 aliphatic carbocycles. The molecule has 1 radical (unpaired) electrons. The second-order valence-corrected chi connectivity index (χ2v) is 12.5. The number of hydrogen-bond donors (Lipinski definition) is 1. The van der Waals surface area contributed by atoms with Crippen LogP contribution in [0.3, 0.4) is 0 Å². The SMILES string of the molecule is CC(=O)/C=C(/C)O.Cc1c(C)c(F)c2c([se]c3[c-]c(-c4ccc5nc(C(C)(C)C)ccc5n4)ccc32)c1F.[Ir]. The first-order valence-electron chi connectivity index (χ1n) is 12.2. The summed E-state index contributed by atoms with van der Waals surface area (Å²) in [5, 5.41) is 9.52. The summed E-state index contributed by atoms with van der Waals surface area (Å²) in [6, 6.07) is 15.1. The third-order valence-corrected chi connectivity index (χ3v) is 8.59. The van der Waals surface area contributed by atoms with E-state index in [1.54, 1.807) is 13.8 Å². The Balaban J connectivity index is 0.000000468. The number of hydrogen-bond acceptors (Lipinski definition) is 4. The van der Waals surface area contributed by atoms with Crippen molar-refractivity contribution in [1.29, 1.82) is 0 Å². The van der Waals surface area contributed by atoms with E-state index in [1.165, 1.54) is 19.9 Å². The van der Waals surface area contributed by atoms with E-state index in [0.29, 0.717) is 20.8 Å². The number of carbonyl (C=O) groups excluding carboxylic acids is 1. The fraction of sp³-hybridized carbons (Fsp3) is 0.258. The van der Waals surface area contributed by atoms with Crippen molar-refractivity contribution >= 4 is 50.6 Å². The summed E-state index contributed by atoms with van der Waals surface area (Å²) in [4.78, 5) is 19.5. The van der Waals surface area contributed by atoms with E-state index in [4.69, 9.17) is 15.1 Å². The molecule has 8 heteroatoms. The minimum Gasteiger partial charge on any atom is 0 e. The van der Waals surface area contributed by atoms with Crippen LogP contribution in [-0.4, -0.2) is 35.4 Å². The Hall–Kier alpha value is -2.76. The Labute approximate surface area is 246 Å². The van der Waals surface area contributed by atoms with Crippen molar-refractivity contribution in [2.24, 2.45) is 0 Å². The summed E-state index contributed by atoms with van der Waals surface area (Å²) in [6.07, 6.45) is 1.17. The number of rotatable bonds is 2. The quantitative estimate of drug-likeness (QED) is 0.0867. The summed E-state index contributed by atoms with van der Waals surface area (Å²) < 4.78 is 31.1. The third kappa shape index (κ3) is 6.36. The number of halogens is 2. The standard InChI is InChI=1S/C26H21F2N2Se.C5H8O2.Ir/c1-13-14(2)24(28)25-22(23(13)27)16-7-6-15(12-20(16)31-25)17-8-9-19-18(29-17)10-11-21(30-19)26(3,4)5;1-4(6)3-5(2)7;/h6-11H,1-5H3;3,6H,1-2H3;/q-1;;/b;4-3-;. The molecule has 0 aliphatic rings. The summed E-state index contributed by atoms with van der Waals surface area (Å²) in [7, 11) is 0. The first-order valence-corrected chi connectivity index (χ1v) is 13.9. The van der Waals surface area contributed by atoms with E-state index < -0.39 is 0 Å². The molecular weight excluding hydrogens is 742 g/mol. The minimum absolute atomic E-state index is 0. The van der Waals surface area contributed by atoms with Crippen LogP contribution in [-0.2, 0) is 30.3 Å². The summed E-state index contributed by atoms with van der Waals surface area (Å²) in [5.41, 5.74) is 5.03. The Bertz CT molecular complexity index is 1750. The molecule has 0 saturated carbocycles.